The van der Waals surface area contributed by atoms with E-state index in [-0.39, 0.29) is 24.1 Å². The second kappa shape index (κ2) is 9.97. The van der Waals surface area contributed by atoms with Crippen molar-refractivity contribution in [2.45, 2.75) is 44.6 Å². The summed E-state index contributed by atoms with van der Waals surface area (Å²) in [5.74, 6) is 1.33. The van der Waals surface area contributed by atoms with Crippen LogP contribution in [0.15, 0.2) is 24.3 Å². The van der Waals surface area contributed by atoms with Crippen molar-refractivity contribution >= 4 is 18.3 Å². The first-order valence-corrected chi connectivity index (χ1v) is 9.10. The third-order valence-electron chi connectivity index (χ3n) is 4.84. The molecule has 0 atom stereocenters. The molecule has 2 aliphatic rings. The van der Waals surface area contributed by atoms with Crippen LogP contribution in [0.1, 0.15) is 38.5 Å². The monoisotopic (exact) mass is 370 g/mol. The molecule has 0 bridgehead atoms. The number of likely N-dealkylation sites (tertiary alicyclic amines) is 1. The van der Waals surface area contributed by atoms with Crippen molar-refractivity contribution in [1.29, 1.82) is 0 Å². The van der Waals surface area contributed by atoms with Gasteiger partial charge in [0.2, 0.25) is 5.91 Å². The van der Waals surface area contributed by atoms with Crippen LogP contribution in [0.2, 0.25) is 0 Å². The van der Waals surface area contributed by atoms with Crippen LogP contribution in [0, 0.1) is 11.7 Å². The summed E-state index contributed by atoms with van der Waals surface area (Å²) >= 11 is 0. The van der Waals surface area contributed by atoms with Gasteiger partial charge in [-0.15, -0.1) is 12.4 Å². The molecule has 1 aromatic carbocycles. The zero-order valence-corrected chi connectivity index (χ0v) is 15.4. The van der Waals surface area contributed by atoms with Crippen LogP contribution in [0.5, 0.6) is 5.75 Å². The topological polar surface area (TPSA) is 41.6 Å². The normalized spacial score (nSPS) is 17.9. The van der Waals surface area contributed by atoms with Crippen LogP contribution in [0.3, 0.4) is 0 Å². The summed E-state index contributed by atoms with van der Waals surface area (Å²) in [6.07, 6.45) is 6.02. The molecule has 0 radical (unpaired) electrons. The fourth-order valence-corrected chi connectivity index (χ4v) is 3.12. The molecule has 1 heterocycles. The Morgan fingerprint density at radius 3 is 2.68 bits per heavy atom. The Morgan fingerprint density at radius 2 is 2.00 bits per heavy atom. The molecular weight excluding hydrogens is 343 g/mol. The molecule has 0 aromatic heterocycles. The summed E-state index contributed by atoms with van der Waals surface area (Å²) in [5.41, 5.74) is 0. The van der Waals surface area contributed by atoms with Gasteiger partial charge in [0.1, 0.15) is 11.6 Å². The summed E-state index contributed by atoms with van der Waals surface area (Å²) < 4.78 is 18.5. The van der Waals surface area contributed by atoms with Gasteiger partial charge in [0.15, 0.2) is 0 Å². The fourth-order valence-electron chi connectivity index (χ4n) is 3.12. The first-order chi connectivity index (χ1) is 11.7. The number of carbonyl (C=O) groups excluding carboxylic acids is 1. The molecule has 6 heteroatoms. The van der Waals surface area contributed by atoms with E-state index in [2.05, 4.69) is 5.32 Å². The summed E-state index contributed by atoms with van der Waals surface area (Å²) in [7, 11) is 0. The first kappa shape index (κ1) is 20.0. The molecule has 1 aromatic rings. The van der Waals surface area contributed by atoms with Gasteiger partial charge in [-0.05, 0) is 56.7 Å². The van der Waals surface area contributed by atoms with E-state index in [1.165, 1.54) is 25.0 Å². The Bertz CT molecular complexity index is 546. The van der Waals surface area contributed by atoms with Gasteiger partial charge in [-0.3, -0.25) is 4.79 Å². The van der Waals surface area contributed by atoms with Crippen LogP contribution in [-0.2, 0) is 4.79 Å². The van der Waals surface area contributed by atoms with Crippen molar-refractivity contribution < 1.29 is 13.9 Å². The number of hydrogen-bond donors (Lipinski definition) is 1. The Kier molecular flexibility index (Phi) is 7.97. The van der Waals surface area contributed by atoms with Crippen molar-refractivity contribution in [3.8, 4) is 5.75 Å². The Morgan fingerprint density at radius 1 is 1.24 bits per heavy atom. The number of hydrogen-bond acceptors (Lipinski definition) is 3. The number of benzene rings is 1. The van der Waals surface area contributed by atoms with Gasteiger partial charge >= 0.3 is 0 Å². The number of halogens is 2. The lowest BCUT2D eigenvalue weighted by Crippen LogP contribution is -2.45. The highest BCUT2D eigenvalue weighted by Crippen LogP contribution is 2.28. The summed E-state index contributed by atoms with van der Waals surface area (Å²) in [6.45, 7) is 3.29. The number of carbonyl (C=O) groups is 1. The fraction of sp³-hybridized carbons (Fsp3) is 0.632. The zero-order valence-electron chi connectivity index (χ0n) is 14.6. The van der Waals surface area contributed by atoms with Crippen molar-refractivity contribution in [1.82, 2.24) is 10.2 Å². The maximum atomic E-state index is 13.0. The minimum absolute atomic E-state index is 0. The molecule has 1 amide bonds. The third kappa shape index (κ3) is 6.83. The second-order valence-electron chi connectivity index (χ2n) is 6.92. The van der Waals surface area contributed by atoms with Gasteiger partial charge < -0.3 is 15.0 Å². The van der Waals surface area contributed by atoms with Crippen LogP contribution < -0.4 is 10.1 Å². The van der Waals surface area contributed by atoms with Crippen LogP contribution >= 0.6 is 12.4 Å². The molecular formula is C19H28ClFN2O2. The van der Waals surface area contributed by atoms with Gasteiger partial charge in [-0.2, -0.15) is 0 Å². The molecule has 1 saturated carbocycles. The van der Waals surface area contributed by atoms with Crippen molar-refractivity contribution in [3.05, 3.63) is 30.1 Å². The van der Waals surface area contributed by atoms with Gasteiger partial charge in [-0.1, -0.05) is 6.07 Å². The Labute approximate surface area is 155 Å². The SMILES string of the molecule is Cl.O=C(CCCOc1cccc(F)c1)N1CCC(NCC2CC2)CC1. The van der Waals surface area contributed by atoms with E-state index in [4.69, 9.17) is 4.74 Å². The molecule has 3 rings (SSSR count). The van der Waals surface area contributed by atoms with E-state index in [1.54, 1.807) is 12.1 Å². The molecule has 2 fully saturated rings. The van der Waals surface area contributed by atoms with E-state index < -0.39 is 0 Å². The lowest BCUT2D eigenvalue weighted by molar-refractivity contribution is -0.132. The van der Waals surface area contributed by atoms with Gasteiger partial charge in [0, 0.05) is 31.6 Å². The van der Waals surface area contributed by atoms with Crippen LogP contribution in [0.25, 0.3) is 0 Å². The summed E-state index contributed by atoms with van der Waals surface area (Å²) in [5, 5.41) is 3.63. The molecule has 1 N–H and O–H groups in total. The maximum Gasteiger partial charge on any atom is 0.222 e. The minimum Gasteiger partial charge on any atom is -0.493 e. The number of nitrogens with zero attached hydrogens (tertiary/aromatic N) is 1. The standard InChI is InChI=1S/C19H27FN2O2.ClH/c20-16-3-1-4-18(13-16)24-12-2-5-19(23)22-10-8-17(9-11-22)21-14-15-6-7-15;/h1,3-4,13,15,17,21H,2,5-12,14H2;1H. The van der Waals surface area contributed by atoms with E-state index in [9.17, 15) is 9.18 Å². The van der Waals surface area contributed by atoms with E-state index in [1.807, 2.05) is 4.90 Å². The van der Waals surface area contributed by atoms with Crippen LogP contribution in [-0.4, -0.2) is 43.1 Å². The first-order valence-electron chi connectivity index (χ1n) is 9.10. The third-order valence-corrected chi connectivity index (χ3v) is 4.84. The predicted octanol–water partition coefficient (Wildman–Crippen LogP) is 3.40. The van der Waals surface area contributed by atoms with Gasteiger partial charge in [-0.25, -0.2) is 4.39 Å². The molecule has 140 valence electrons. The molecule has 0 spiro atoms. The Hall–Kier alpha value is -1.33. The van der Waals surface area contributed by atoms with Crippen LogP contribution in [0.4, 0.5) is 4.39 Å². The maximum absolute atomic E-state index is 13.0. The van der Waals surface area contributed by atoms with Crippen molar-refractivity contribution in [3.63, 3.8) is 0 Å². The average molecular weight is 371 g/mol. The summed E-state index contributed by atoms with van der Waals surface area (Å²) in [4.78, 5) is 14.2. The predicted molar refractivity (Wildman–Crippen MR) is 98.7 cm³/mol. The highest BCUT2D eigenvalue weighted by atomic mass is 35.5. The average Bonchev–Trinajstić information content (AvgIpc) is 3.42. The largest absolute Gasteiger partial charge is 0.493 e. The lowest BCUT2D eigenvalue weighted by Gasteiger charge is -2.32. The number of piperidine rings is 1. The number of amides is 1. The molecule has 1 aliphatic carbocycles. The molecule has 0 unspecified atom stereocenters. The van der Waals surface area contributed by atoms with Crippen molar-refractivity contribution in [2.75, 3.05) is 26.2 Å². The number of nitrogens with one attached hydrogen (secondary N) is 1. The highest BCUT2D eigenvalue weighted by molar-refractivity contribution is 5.85. The van der Waals surface area contributed by atoms with Gasteiger partial charge in [0.25, 0.3) is 0 Å². The second-order valence-corrected chi connectivity index (χ2v) is 6.92. The Balaban J connectivity index is 0.00000225. The molecule has 1 aliphatic heterocycles. The smallest absolute Gasteiger partial charge is 0.222 e. The van der Waals surface area contributed by atoms with E-state index in [0.29, 0.717) is 31.2 Å². The number of rotatable bonds is 8. The lowest BCUT2D eigenvalue weighted by atomic mass is 10.0. The van der Waals surface area contributed by atoms with E-state index in [0.717, 1.165) is 38.4 Å². The number of ether oxygens (including phenoxy) is 1. The van der Waals surface area contributed by atoms with E-state index >= 15 is 0 Å². The quantitative estimate of drug-likeness (QED) is 0.713. The zero-order chi connectivity index (χ0) is 16.8. The molecule has 25 heavy (non-hydrogen) atoms. The minimum atomic E-state index is -0.304. The molecule has 4 nitrogen and oxygen atoms in total. The van der Waals surface area contributed by atoms with Gasteiger partial charge in [0.05, 0.1) is 6.61 Å². The highest BCUT2D eigenvalue weighted by Gasteiger charge is 2.25. The summed E-state index contributed by atoms with van der Waals surface area (Å²) in [6, 6.07) is 6.67. The molecule has 1 saturated heterocycles. The van der Waals surface area contributed by atoms with Crippen molar-refractivity contribution in [2.24, 2.45) is 5.92 Å².